The SMILES string of the molecule is NN=C(c1ccc(-c2ccc(C(=O)O)cc2)o1)c1nc2nonc2nc1Nc1ccc(F)cc1. The van der Waals surface area contributed by atoms with Gasteiger partial charge in [0, 0.05) is 11.3 Å². The highest BCUT2D eigenvalue weighted by Crippen LogP contribution is 2.27. The molecule has 0 aliphatic heterocycles. The lowest BCUT2D eigenvalue weighted by molar-refractivity contribution is 0.0697. The van der Waals surface area contributed by atoms with Crippen LogP contribution in [0.5, 0.6) is 0 Å². The highest BCUT2D eigenvalue weighted by Gasteiger charge is 2.22. The van der Waals surface area contributed by atoms with Gasteiger partial charge in [-0.2, -0.15) is 5.10 Å². The molecule has 12 heteroatoms. The van der Waals surface area contributed by atoms with Crippen molar-refractivity contribution >= 4 is 34.5 Å². The summed E-state index contributed by atoms with van der Waals surface area (Å²) < 4.78 is 24.0. The number of carbonyl (C=O) groups is 1. The van der Waals surface area contributed by atoms with Crippen LogP contribution in [0.3, 0.4) is 0 Å². The van der Waals surface area contributed by atoms with Crippen molar-refractivity contribution in [2.75, 3.05) is 5.32 Å². The third-order valence-electron chi connectivity index (χ3n) is 4.83. The second-order valence-corrected chi connectivity index (χ2v) is 6.99. The van der Waals surface area contributed by atoms with Crippen LogP contribution in [0.25, 0.3) is 22.6 Å². The number of fused-ring (bicyclic) bond motifs is 1. The number of aromatic carboxylic acids is 1. The van der Waals surface area contributed by atoms with Crippen LogP contribution in [0, 0.1) is 5.82 Å². The minimum Gasteiger partial charge on any atom is -0.478 e. The fourth-order valence-electron chi connectivity index (χ4n) is 3.20. The molecule has 0 saturated heterocycles. The summed E-state index contributed by atoms with van der Waals surface area (Å²) in [7, 11) is 0. The van der Waals surface area contributed by atoms with Gasteiger partial charge in [0.15, 0.2) is 17.3 Å². The largest absolute Gasteiger partial charge is 0.478 e. The molecule has 3 heterocycles. The maximum Gasteiger partial charge on any atom is 0.335 e. The summed E-state index contributed by atoms with van der Waals surface area (Å²) in [5.74, 6) is 5.22. The number of rotatable bonds is 6. The number of anilines is 2. The number of halogens is 1. The predicted molar refractivity (Wildman–Crippen MR) is 118 cm³/mol. The van der Waals surface area contributed by atoms with E-state index >= 15 is 0 Å². The van der Waals surface area contributed by atoms with Crippen molar-refractivity contribution in [3.8, 4) is 11.3 Å². The number of hydrogen-bond donors (Lipinski definition) is 3. The highest BCUT2D eigenvalue weighted by molar-refractivity contribution is 6.13. The molecule has 0 fully saturated rings. The first-order chi connectivity index (χ1) is 16.5. The Kier molecular flexibility index (Phi) is 5.14. The number of hydrazone groups is 1. The van der Waals surface area contributed by atoms with Crippen LogP contribution in [0.4, 0.5) is 15.9 Å². The Labute approximate surface area is 189 Å². The molecular formula is C22H14FN7O4. The van der Waals surface area contributed by atoms with E-state index in [1.165, 1.54) is 36.4 Å². The van der Waals surface area contributed by atoms with Crippen LogP contribution in [0.15, 0.2) is 74.8 Å². The lowest BCUT2D eigenvalue weighted by Crippen LogP contribution is -2.13. The van der Waals surface area contributed by atoms with Gasteiger partial charge in [-0.15, -0.1) is 0 Å². The fraction of sp³-hybridized carbons (Fsp3) is 0. The van der Waals surface area contributed by atoms with Crippen molar-refractivity contribution < 1.29 is 23.3 Å². The average Bonchev–Trinajstić information content (AvgIpc) is 3.51. The molecule has 5 aromatic rings. The number of furan rings is 1. The van der Waals surface area contributed by atoms with Crippen molar-refractivity contribution in [1.82, 2.24) is 20.3 Å². The van der Waals surface area contributed by atoms with Gasteiger partial charge in [-0.1, -0.05) is 12.1 Å². The first kappa shape index (κ1) is 20.8. The summed E-state index contributed by atoms with van der Waals surface area (Å²) in [6, 6.07) is 15.1. The van der Waals surface area contributed by atoms with E-state index in [1.807, 2.05) is 0 Å². The van der Waals surface area contributed by atoms with Crippen LogP contribution in [0.1, 0.15) is 21.8 Å². The minimum absolute atomic E-state index is 0.122. The zero-order valence-corrected chi connectivity index (χ0v) is 17.1. The zero-order valence-electron chi connectivity index (χ0n) is 17.1. The summed E-state index contributed by atoms with van der Waals surface area (Å²) in [6.45, 7) is 0. The number of aromatic nitrogens is 4. The monoisotopic (exact) mass is 459 g/mol. The quantitative estimate of drug-likeness (QED) is 0.194. The number of hydrogen-bond acceptors (Lipinski definition) is 10. The van der Waals surface area contributed by atoms with Gasteiger partial charge in [-0.05, 0) is 58.8 Å². The van der Waals surface area contributed by atoms with E-state index in [9.17, 15) is 9.18 Å². The Hall–Kier alpha value is -5.13. The van der Waals surface area contributed by atoms with E-state index in [2.05, 4.69) is 30.7 Å². The van der Waals surface area contributed by atoms with Crippen LogP contribution in [0.2, 0.25) is 0 Å². The van der Waals surface area contributed by atoms with Gasteiger partial charge >= 0.3 is 5.97 Å². The topological polar surface area (TPSA) is 166 Å². The maximum atomic E-state index is 13.3. The first-order valence-electron chi connectivity index (χ1n) is 9.77. The first-order valence-corrected chi connectivity index (χ1v) is 9.77. The molecule has 3 aromatic heterocycles. The zero-order chi connectivity index (χ0) is 23.7. The Bertz CT molecular complexity index is 1530. The van der Waals surface area contributed by atoms with E-state index in [4.69, 9.17) is 20.0 Å². The molecule has 11 nitrogen and oxygen atoms in total. The number of nitrogens with one attached hydrogen (secondary N) is 1. The summed E-state index contributed by atoms with van der Waals surface area (Å²) >= 11 is 0. The van der Waals surface area contributed by atoms with Crippen molar-refractivity contribution in [2.45, 2.75) is 0 Å². The summed E-state index contributed by atoms with van der Waals surface area (Å²) in [5, 5.41) is 23.4. The molecule has 5 rings (SSSR count). The maximum absolute atomic E-state index is 13.3. The highest BCUT2D eigenvalue weighted by atomic mass is 19.1. The van der Waals surface area contributed by atoms with E-state index in [1.54, 1.807) is 24.3 Å². The second kappa shape index (κ2) is 8.43. The van der Waals surface area contributed by atoms with Crippen molar-refractivity contribution in [1.29, 1.82) is 0 Å². The van der Waals surface area contributed by atoms with Crippen LogP contribution < -0.4 is 11.2 Å². The predicted octanol–water partition coefficient (Wildman–Crippen LogP) is 3.56. The number of carboxylic acid groups (broad SMARTS) is 1. The molecule has 0 bridgehead atoms. The molecule has 4 N–H and O–H groups in total. The van der Waals surface area contributed by atoms with Crippen LogP contribution in [-0.4, -0.2) is 37.1 Å². The molecular weight excluding hydrogens is 445 g/mol. The van der Waals surface area contributed by atoms with Gasteiger partial charge in [-0.25, -0.2) is 23.8 Å². The molecule has 0 spiro atoms. The number of benzene rings is 2. The number of nitrogens with two attached hydrogens (primary N) is 1. The van der Waals surface area contributed by atoms with Gasteiger partial charge in [0.1, 0.15) is 17.3 Å². The van der Waals surface area contributed by atoms with Crippen molar-refractivity contribution in [2.24, 2.45) is 10.9 Å². The second-order valence-electron chi connectivity index (χ2n) is 6.99. The van der Waals surface area contributed by atoms with Crippen molar-refractivity contribution in [3.63, 3.8) is 0 Å². The minimum atomic E-state index is -1.03. The van der Waals surface area contributed by atoms with Crippen molar-refractivity contribution in [3.05, 3.63) is 83.5 Å². The summed E-state index contributed by atoms with van der Waals surface area (Å²) in [4.78, 5) is 19.9. The van der Waals surface area contributed by atoms with E-state index < -0.39 is 11.8 Å². The average molecular weight is 459 g/mol. The number of nitrogens with zero attached hydrogens (tertiary/aromatic N) is 5. The molecule has 0 aliphatic rings. The van der Waals surface area contributed by atoms with E-state index in [0.717, 1.165) is 0 Å². The number of carboxylic acids is 1. The molecule has 34 heavy (non-hydrogen) atoms. The normalized spacial score (nSPS) is 11.6. The molecule has 0 unspecified atom stereocenters. The van der Waals surface area contributed by atoms with Gasteiger partial charge in [0.2, 0.25) is 11.3 Å². The Balaban J connectivity index is 1.54. The smallest absolute Gasteiger partial charge is 0.335 e. The van der Waals surface area contributed by atoms with E-state index in [0.29, 0.717) is 17.0 Å². The van der Waals surface area contributed by atoms with E-state index in [-0.39, 0.29) is 39.8 Å². The Morgan fingerprint density at radius 2 is 1.68 bits per heavy atom. The lowest BCUT2D eigenvalue weighted by Gasteiger charge is -2.10. The van der Waals surface area contributed by atoms with Gasteiger partial charge in [0.25, 0.3) is 0 Å². The third kappa shape index (κ3) is 3.90. The van der Waals surface area contributed by atoms with Gasteiger partial charge in [-0.3, -0.25) is 0 Å². The van der Waals surface area contributed by atoms with Gasteiger partial charge < -0.3 is 20.7 Å². The molecule has 168 valence electrons. The fourth-order valence-corrected chi connectivity index (χ4v) is 3.20. The molecule has 0 radical (unpaired) electrons. The standard InChI is InChI=1S/C22H14FN7O4/c23-13-5-7-14(8-6-13)25-19-18(26-20-21(27-19)30-34-29-20)17(28-24)16-10-9-15(33-16)11-1-3-12(4-2-11)22(31)32/h1-10H,24H2,(H,31,32)(H,25,27,30). The Morgan fingerprint density at radius 3 is 2.35 bits per heavy atom. The Morgan fingerprint density at radius 1 is 0.971 bits per heavy atom. The summed E-state index contributed by atoms with van der Waals surface area (Å²) in [5.41, 5.74) is 1.94. The lowest BCUT2D eigenvalue weighted by atomic mass is 10.1. The molecule has 0 aliphatic carbocycles. The van der Waals surface area contributed by atoms with Crippen LogP contribution in [-0.2, 0) is 0 Å². The van der Waals surface area contributed by atoms with Crippen LogP contribution >= 0.6 is 0 Å². The molecule has 0 amide bonds. The molecule has 0 saturated carbocycles. The summed E-state index contributed by atoms with van der Waals surface area (Å²) in [6.07, 6.45) is 0. The van der Waals surface area contributed by atoms with Gasteiger partial charge in [0.05, 0.1) is 5.56 Å². The third-order valence-corrected chi connectivity index (χ3v) is 4.83. The molecule has 0 atom stereocenters. The molecule has 2 aromatic carbocycles.